The Morgan fingerprint density at radius 1 is 1.00 bits per heavy atom. The van der Waals surface area contributed by atoms with Gasteiger partial charge < -0.3 is 18.9 Å². The van der Waals surface area contributed by atoms with E-state index in [1.807, 2.05) is 30.3 Å². The minimum atomic E-state index is -0.0675. The highest BCUT2D eigenvalue weighted by Crippen LogP contribution is 2.34. The number of hydrogen-bond acceptors (Lipinski definition) is 3. The van der Waals surface area contributed by atoms with E-state index in [1.54, 1.807) is 7.11 Å². The molecule has 3 aromatic rings. The summed E-state index contributed by atoms with van der Waals surface area (Å²) < 4.78 is 13.5. The fourth-order valence-electron chi connectivity index (χ4n) is 3.12. The third kappa shape index (κ3) is 2.76. The Kier molecular flexibility index (Phi) is 3.97. The summed E-state index contributed by atoms with van der Waals surface area (Å²) in [5.41, 5.74) is 3.41. The van der Waals surface area contributed by atoms with Gasteiger partial charge in [-0.15, -0.1) is 0 Å². The molecule has 1 atom stereocenters. The maximum atomic E-state index is 6.00. The minimum Gasteiger partial charge on any atom is -0.497 e. The van der Waals surface area contributed by atoms with Gasteiger partial charge in [0.25, 0.3) is 0 Å². The topological polar surface area (TPSA) is 26.6 Å². The lowest BCUT2D eigenvalue weighted by molar-refractivity contribution is 0.114. The molecular formula is C20H20N2O2. The Balaban J connectivity index is 1.62. The first-order valence-corrected chi connectivity index (χ1v) is 8.11. The van der Waals surface area contributed by atoms with Crippen LogP contribution in [0.15, 0.2) is 73.1 Å². The molecule has 1 aliphatic rings. The van der Waals surface area contributed by atoms with E-state index in [2.05, 4.69) is 52.2 Å². The lowest BCUT2D eigenvalue weighted by Crippen LogP contribution is -2.22. The largest absolute Gasteiger partial charge is 0.497 e. The number of rotatable bonds is 4. The molecule has 4 heteroatoms. The van der Waals surface area contributed by atoms with Gasteiger partial charge in [0.15, 0.2) is 6.23 Å². The van der Waals surface area contributed by atoms with E-state index in [0.717, 1.165) is 35.8 Å². The molecule has 1 aromatic heterocycles. The predicted molar refractivity (Wildman–Crippen MR) is 94.8 cm³/mol. The molecule has 1 unspecified atom stereocenters. The zero-order valence-electron chi connectivity index (χ0n) is 13.6. The van der Waals surface area contributed by atoms with Crippen LogP contribution < -0.4 is 9.64 Å². The van der Waals surface area contributed by atoms with Gasteiger partial charge in [0.1, 0.15) is 5.75 Å². The standard InChI is InChI=1S/C20H20N2O2/c1-23-19-9-5-8-18(14-19)22-12-13-24-20(22)16-10-11-21(15-16)17-6-3-2-4-7-17/h2-11,14-15,20H,12-13H2,1H3. The van der Waals surface area contributed by atoms with Crippen LogP contribution in [0.25, 0.3) is 5.69 Å². The number of nitrogens with zero attached hydrogens (tertiary/aromatic N) is 2. The number of aromatic nitrogens is 1. The molecule has 0 N–H and O–H groups in total. The Morgan fingerprint density at radius 3 is 2.67 bits per heavy atom. The van der Waals surface area contributed by atoms with Crippen LogP contribution in [0.4, 0.5) is 5.69 Å². The maximum Gasteiger partial charge on any atom is 0.158 e. The molecular weight excluding hydrogens is 300 g/mol. The first-order valence-electron chi connectivity index (χ1n) is 8.11. The average Bonchev–Trinajstić information content (AvgIpc) is 3.31. The predicted octanol–water partition coefficient (Wildman–Crippen LogP) is 4.02. The van der Waals surface area contributed by atoms with E-state index < -0.39 is 0 Å². The second-order valence-electron chi connectivity index (χ2n) is 5.81. The molecule has 0 saturated carbocycles. The van der Waals surface area contributed by atoms with Crippen molar-refractivity contribution < 1.29 is 9.47 Å². The quantitative estimate of drug-likeness (QED) is 0.726. The van der Waals surface area contributed by atoms with Crippen LogP contribution in [0, 0.1) is 0 Å². The van der Waals surface area contributed by atoms with E-state index in [1.165, 1.54) is 0 Å². The molecule has 0 amide bonds. The summed E-state index contributed by atoms with van der Waals surface area (Å²) in [5.74, 6) is 0.861. The molecule has 1 aliphatic heterocycles. The average molecular weight is 320 g/mol. The van der Waals surface area contributed by atoms with Crippen LogP contribution in [0.1, 0.15) is 11.8 Å². The van der Waals surface area contributed by atoms with E-state index in [0.29, 0.717) is 0 Å². The van der Waals surface area contributed by atoms with Crippen molar-refractivity contribution in [3.63, 3.8) is 0 Å². The van der Waals surface area contributed by atoms with Gasteiger partial charge in [0.2, 0.25) is 0 Å². The van der Waals surface area contributed by atoms with Gasteiger partial charge in [-0.25, -0.2) is 0 Å². The second-order valence-corrected chi connectivity index (χ2v) is 5.81. The van der Waals surface area contributed by atoms with Crippen molar-refractivity contribution in [1.29, 1.82) is 0 Å². The highest BCUT2D eigenvalue weighted by atomic mass is 16.5. The van der Waals surface area contributed by atoms with Gasteiger partial charge in [-0.3, -0.25) is 0 Å². The molecule has 122 valence electrons. The van der Waals surface area contributed by atoms with Crippen molar-refractivity contribution in [3.05, 3.63) is 78.6 Å². The SMILES string of the molecule is COc1cccc(N2CCOC2c2ccn(-c3ccccc3)c2)c1. The zero-order valence-corrected chi connectivity index (χ0v) is 13.6. The number of methoxy groups -OCH3 is 1. The third-order valence-electron chi connectivity index (χ3n) is 4.33. The van der Waals surface area contributed by atoms with Crippen LogP contribution in [0.2, 0.25) is 0 Å². The first kappa shape index (κ1) is 14.8. The summed E-state index contributed by atoms with van der Waals surface area (Å²) in [4.78, 5) is 2.27. The maximum absolute atomic E-state index is 6.00. The second kappa shape index (κ2) is 6.42. The lowest BCUT2D eigenvalue weighted by atomic mass is 10.2. The number of para-hydroxylation sites is 1. The molecule has 4 rings (SSSR count). The van der Waals surface area contributed by atoms with E-state index >= 15 is 0 Å². The van der Waals surface area contributed by atoms with E-state index in [4.69, 9.17) is 9.47 Å². The molecule has 2 aromatic carbocycles. The number of benzene rings is 2. The van der Waals surface area contributed by atoms with Gasteiger partial charge in [0, 0.05) is 41.9 Å². The molecule has 24 heavy (non-hydrogen) atoms. The molecule has 1 saturated heterocycles. The summed E-state index contributed by atoms with van der Waals surface area (Å²) in [6, 6.07) is 20.6. The highest BCUT2D eigenvalue weighted by Gasteiger charge is 2.28. The highest BCUT2D eigenvalue weighted by molar-refractivity contribution is 5.53. The molecule has 0 radical (unpaired) electrons. The fraction of sp³-hybridized carbons (Fsp3) is 0.200. The van der Waals surface area contributed by atoms with Crippen LogP contribution in [0.3, 0.4) is 0 Å². The number of ether oxygens (including phenoxy) is 2. The molecule has 0 bridgehead atoms. The number of hydrogen-bond donors (Lipinski definition) is 0. The minimum absolute atomic E-state index is 0.0675. The van der Waals surface area contributed by atoms with Crippen molar-refractivity contribution in [2.24, 2.45) is 0 Å². The summed E-state index contributed by atoms with van der Waals surface area (Å²) >= 11 is 0. The summed E-state index contributed by atoms with van der Waals surface area (Å²) in [5, 5.41) is 0. The molecule has 1 fully saturated rings. The first-order chi connectivity index (χ1) is 11.8. The Morgan fingerprint density at radius 2 is 1.83 bits per heavy atom. The summed E-state index contributed by atoms with van der Waals surface area (Å²) in [6.45, 7) is 1.59. The van der Waals surface area contributed by atoms with Crippen molar-refractivity contribution in [3.8, 4) is 11.4 Å². The summed E-state index contributed by atoms with van der Waals surface area (Å²) in [6.07, 6.45) is 4.15. The van der Waals surface area contributed by atoms with E-state index in [-0.39, 0.29) is 6.23 Å². The Hall–Kier alpha value is -2.72. The zero-order chi connectivity index (χ0) is 16.4. The lowest BCUT2D eigenvalue weighted by Gasteiger charge is -2.25. The van der Waals surface area contributed by atoms with Crippen LogP contribution in [-0.4, -0.2) is 24.8 Å². The number of anilines is 1. The van der Waals surface area contributed by atoms with Crippen molar-refractivity contribution in [2.75, 3.05) is 25.2 Å². The van der Waals surface area contributed by atoms with Crippen molar-refractivity contribution in [2.45, 2.75) is 6.23 Å². The van der Waals surface area contributed by atoms with E-state index in [9.17, 15) is 0 Å². The van der Waals surface area contributed by atoms with Gasteiger partial charge in [0.05, 0.1) is 13.7 Å². The van der Waals surface area contributed by atoms with Gasteiger partial charge in [-0.1, -0.05) is 24.3 Å². The molecule has 0 spiro atoms. The molecule has 0 aliphatic carbocycles. The van der Waals surface area contributed by atoms with Crippen molar-refractivity contribution in [1.82, 2.24) is 4.57 Å². The van der Waals surface area contributed by atoms with Crippen LogP contribution >= 0.6 is 0 Å². The summed E-state index contributed by atoms with van der Waals surface area (Å²) in [7, 11) is 1.69. The molecule has 4 nitrogen and oxygen atoms in total. The van der Waals surface area contributed by atoms with Crippen LogP contribution in [0.5, 0.6) is 5.75 Å². The van der Waals surface area contributed by atoms with Gasteiger partial charge in [-0.05, 0) is 30.3 Å². The monoisotopic (exact) mass is 320 g/mol. The normalized spacial score (nSPS) is 17.2. The molecule has 2 heterocycles. The van der Waals surface area contributed by atoms with Gasteiger partial charge in [-0.2, -0.15) is 0 Å². The van der Waals surface area contributed by atoms with Crippen molar-refractivity contribution >= 4 is 5.69 Å². The third-order valence-corrected chi connectivity index (χ3v) is 4.33. The smallest absolute Gasteiger partial charge is 0.158 e. The fourth-order valence-corrected chi connectivity index (χ4v) is 3.12. The Bertz CT molecular complexity index is 813. The van der Waals surface area contributed by atoms with Gasteiger partial charge >= 0.3 is 0 Å². The Labute approximate surface area is 141 Å². The van der Waals surface area contributed by atoms with Crippen LogP contribution in [-0.2, 0) is 4.74 Å².